The minimum atomic E-state index is 0.653. The molecule has 0 saturated carbocycles. The molecule has 4 aromatic heterocycles. The summed E-state index contributed by atoms with van der Waals surface area (Å²) in [7, 11) is 0. The Balaban J connectivity index is 1.46. The van der Waals surface area contributed by atoms with Crippen molar-refractivity contribution in [2.24, 2.45) is 0 Å². The standard InChI is InChI=1S/C39H23N5/c1-2-12-25(13-3-1)43-32-18-8-7-16-28(32)35-37-34(29-17-10-22-40-36(29)38(35)43)27-15-6-9-19-33(27)44(37)39-41-23-30-26-14-5-4-11-24(26)20-21-31(30)42-39/h1-23H. The summed E-state index contributed by atoms with van der Waals surface area (Å²) in [6, 6.07) is 44.7. The molecule has 204 valence electrons. The normalized spacial score (nSPS) is 12.1. The van der Waals surface area contributed by atoms with E-state index in [1.54, 1.807) is 0 Å². The molecule has 0 bridgehead atoms. The van der Waals surface area contributed by atoms with Crippen molar-refractivity contribution in [1.82, 2.24) is 24.1 Å². The Hall–Kier alpha value is -6.07. The van der Waals surface area contributed by atoms with Gasteiger partial charge in [-0.25, -0.2) is 9.97 Å². The van der Waals surface area contributed by atoms with Gasteiger partial charge in [0.1, 0.15) is 0 Å². The van der Waals surface area contributed by atoms with E-state index in [9.17, 15) is 0 Å². The first kappa shape index (κ1) is 23.5. The lowest BCUT2D eigenvalue weighted by Crippen LogP contribution is -2.02. The molecule has 4 heterocycles. The van der Waals surface area contributed by atoms with E-state index in [0.717, 1.165) is 71.1 Å². The van der Waals surface area contributed by atoms with Gasteiger partial charge < -0.3 is 4.57 Å². The fourth-order valence-electron chi connectivity index (χ4n) is 7.19. The van der Waals surface area contributed by atoms with Crippen LogP contribution < -0.4 is 0 Å². The predicted octanol–water partition coefficient (Wildman–Crippen LogP) is 9.53. The van der Waals surface area contributed by atoms with Crippen LogP contribution in [-0.4, -0.2) is 24.1 Å². The molecule has 5 nitrogen and oxygen atoms in total. The van der Waals surface area contributed by atoms with Crippen molar-refractivity contribution in [3.05, 3.63) is 140 Å². The van der Waals surface area contributed by atoms with Crippen molar-refractivity contribution in [2.45, 2.75) is 0 Å². The first-order valence-corrected chi connectivity index (χ1v) is 14.8. The lowest BCUT2D eigenvalue weighted by Gasteiger charge is -2.12. The van der Waals surface area contributed by atoms with Gasteiger partial charge in [-0.15, -0.1) is 0 Å². The predicted molar refractivity (Wildman–Crippen MR) is 181 cm³/mol. The highest BCUT2D eigenvalue weighted by Crippen LogP contribution is 2.45. The second kappa shape index (κ2) is 8.72. The summed E-state index contributed by atoms with van der Waals surface area (Å²) in [5.74, 6) is 0.653. The summed E-state index contributed by atoms with van der Waals surface area (Å²) in [5, 5.41) is 9.12. The number of aromatic nitrogens is 5. The monoisotopic (exact) mass is 561 g/mol. The Bertz CT molecular complexity index is 2770. The summed E-state index contributed by atoms with van der Waals surface area (Å²) in [5.41, 5.74) is 7.37. The number of rotatable bonds is 2. The number of nitrogens with zero attached hydrogens (tertiary/aromatic N) is 5. The third-order valence-electron chi connectivity index (χ3n) is 8.98. The second-order valence-corrected chi connectivity index (χ2v) is 11.3. The van der Waals surface area contributed by atoms with Crippen LogP contribution in [0, 0.1) is 0 Å². The van der Waals surface area contributed by atoms with E-state index in [1.807, 2.05) is 18.5 Å². The summed E-state index contributed by atoms with van der Waals surface area (Å²) >= 11 is 0. The minimum Gasteiger partial charge on any atom is -0.307 e. The maximum absolute atomic E-state index is 5.23. The van der Waals surface area contributed by atoms with Gasteiger partial charge in [-0.2, -0.15) is 0 Å². The van der Waals surface area contributed by atoms with Crippen LogP contribution >= 0.6 is 0 Å². The van der Waals surface area contributed by atoms with Crippen LogP contribution in [-0.2, 0) is 0 Å². The van der Waals surface area contributed by atoms with E-state index in [-0.39, 0.29) is 0 Å². The van der Waals surface area contributed by atoms with E-state index in [2.05, 4.69) is 130 Å². The van der Waals surface area contributed by atoms with E-state index >= 15 is 0 Å². The maximum atomic E-state index is 5.23. The molecular formula is C39H23N5. The Morgan fingerprint density at radius 3 is 1.98 bits per heavy atom. The zero-order chi connectivity index (χ0) is 28.8. The average molecular weight is 562 g/mol. The van der Waals surface area contributed by atoms with Crippen LogP contribution in [0.4, 0.5) is 0 Å². The molecule has 0 fully saturated rings. The summed E-state index contributed by atoms with van der Waals surface area (Å²) in [6.07, 6.45) is 3.88. The highest BCUT2D eigenvalue weighted by Gasteiger charge is 2.25. The lowest BCUT2D eigenvalue weighted by atomic mass is 10.0. The van der Waals surface area contributed by atoms with Crippen LogP contribution in [0.5, 0.6) is 0 Å². The van der Waals surface area contributed by atoms with Gasteiger partial charge in [0.05, 0.1) is 33.1 Å². The molecule has 5 heteroatoms. The first-order valence-electron chi connectivity index (χ1n) is 14.8. The Morgan fingerprint density at radius 1 is 0.455 bits per heavy atom. The minimum absolute atomic E-state index is 0.653. The van der Waals surface area contributed by atoms with Crippen LogP contribution in [0.25, 0.3) is 87.8 Å². The molecule has 0 saturated heterocycles. The molecule has 0 atom stereocenters. The SMILES string of the molecule is c1ccc(-n2c3ccccc3c3c2c2ncccc2c2c4ccccc4n(-c4ncc5c(ccc6ccccc65)n4)c23)cc1. The molecule has 0 aliphatic rings. The zero-order valence-corrected chi connectivity index (χ0v) is 23.5. The van der Waals surface area contributed by atoms with Crippen molar-refractivity contribution in [3.63, 3.8) is 0 Å². The van der Waals surface area contributed by atoms with Crippen LogP contribution in [0.15, 0.2) is 140 Å². The highest BCUT2D eigenvalue weighted by molar-refractivity contribution is 6.36. The van der Waals surface area contributed by atoms with Crippen LogP contribution in [0.1, 0.15) is 0 Å². The molecule has 10 aromatic rings. The fraction of sp³-hybridized carbons (Fsp3) is 0. The van der Waals surface area contributed by atoms with Gasteiger partial charge in [0.2, 0.25) is 5.95 Å². The van der Waals surface area contributed by atoms with Crippen molar-refractivity contribution in [3.8, 4) is 11.6 Å². The third kappa shape index (κ3) is 3.05. The molecular weight excluding hydrogens is 538 g/mol. The topological polar surface area (TPSA) is 48.5 Å². The third-order valence-corrected chi connectivity index (χ3v) is 8.98. The number of para-hydroxylation sites is 3. The molecule has 0 radical (unpaired) electrons. The van der Waals surface area contributed by atoms with Crippen molar-refractivity contribution in [1.29, 1.82) is 0 Å². The molecule has 0 N–H and O–H groups in total. The number of pyridine rings is 1. The molecule has 10 rings (SSSR count). The summed E-state index contributed by atoms with van der Waals surface area (Å²) in [6.45, 7) is 0. The largest absolute Gasteiger partial charge is 0.307 e. The average Bonchev–Trinajstić information content (AvgIpc) is 3.62. The zero-order valence-electron chi connectivity index (χ0n) is 23.5. The Morgan fingerprint density at radius 2 is 1.14 bits per heavy atom. The van der Waals surface area contributed by atoms with E-state index in [0.29, 0.717) is 5.95 Å². The first-order chi connectivity index (χ1) is 21.9. The number of benzene rings is 6. The van der Waals surface area contributed by atoms with E-state index in [1.165, 1.54) is 10.8 Å². The van der Waals surface area contributed by atoms with Crippen molar-refractivity contribution >= 4 is 76.2 Å². The number of fused-ring (bicyclic) bond motifs is 13. The molecule has 0 spiro atoms. The van der Waals surface area contributed by atoms with Crippen molar-refractivity contribution in [2.75, 3.05) is 0 Å². The number of hydrogen-bond donors (Lipinski definition) is 0. The van der Waals surface area contributed by atoms with Gasteiger partial charge in [-0.1, -0.05) is 91.0 Å². The molecule has 0 amide bonds. The van der Waals surface area contributed by atoms with Gasteiger partial charge in [-0.05, 0) is 47.2 Å². The number of hydrogen-bond acceptors (Lipinski definition) is 3. The fourth-order valence-corrected chi connectivity index (χ4v) is 7.19. The lowest BCUT2D eigenvalue weighted by molar-refractivity contribution is 1.01. The molecule has 44 heavy (non-hydrogen) atoms. The summed E-state index contributed by atoms with van der Waals surface area (Å²) < 4.78 is 4.62. The highest BCUT2D eigenvalue weighted by atomic mass is 15.2. The van der Waals surface area contributed by atoms with Gasteiger partial charge in [0.25, 0.3) is 0 Å². The van der Waals surface area contributed by atoms with Gasteiger partial charge >= 0.3 is 0 Å². The van der Waals surface area contributed by atoms with E-state index < -0.39 is 0 Å². The molecule has 0 unspecified atom stereocenters. The Kier molecular flexibility index (Phi) is 4.66. The second-order valence-electron chi connectivity index (χ2n) is 11.3. The van der Waals surface area contributed by atoms with Crippen molar-refractivity contribution < 1.29 is 0 Å². The van der Waals surface area contributed by atoms with Crippen LogP contribution in [0.3, 0.4) is 0 Å². The quantitative estimate of drug-likeness (QED) is 0.198. The Labute approximate surface area is 251 Å². The molecule has 0 aliphatic heterocycles. The van der Waals surface area contributed by atoms with Gasteiger partial charge in [0.15, 0.2) is 0 Å². The van der Waals surface area contributed by atoms with Gasteiger partial charge in [0, 0.05) is 50.4 Å². The van der Waals surface area contributed by atoms with Gasteiger partial charge in [-0.3, -0.25) is 9.55 Å². The van der Waals surface area contributed by atoms with Crippen LogP contribution in [0.2, 0.25) is 0 Å². The van der Waals surface area contributed by atoms with E-state index in [4.69, 9.17) is 15.0 Å². The smallest absolute Gasteiger partial charge is 0.235 e. The summed E-state index contributed by atoms with van der Waals surface area (Å²) in [4.78, 5) is 15.3. The molecule has 0 aliphatic carbocycles. The molecule has 6 aromatic carbocycles. The maximum Gasteiger partial charge on any atom is 0.235 e.